The molecule has 0 saturated heterocycles. The second kappa shape index (κ2) is 6.19. The van der Waals surface area contributed by atoms with E-state index in [2.05, 4.69) is 35.7 Å². The highest BCUT2D eigenvalue weighted by Gasteiger charge is 2.16. The Morgan fingerprint density at radius 3 is 2.60 bits per heavy atom. The predicted molar refractivity (Wildman–Crippen MR) is 87.7 cm³/mol. The van der Waals surface area contributed by atoms with Crippen molar-refractivity contribution < 1.29 is 0 Å². The molecule has 0 spiro atoms. The number of aromatic nitrogens is 2. The topological polar surface area (TPSA) is 25.8 Å². The van der Waals surface area contributed by atoms with Gasteiger partial charge in [-0.1, -0.05) is 6.07 Å². The Morgan fingerprint density at radius 1 is 0.950 bits per heavy atom. The first-order valence-electron chi connectivity index (χ1n) is 6.90. The second-order valence-corrected chi connectivity index (χ2v) is 6.55. The number of rotatable bonds is 3. The molecular formula is C16H18N2S2. The Hall–Kier alpha value is -1.00. The molecule has 0 aliphatic heterocycles. The van der Waals surface area contributed by atoms with Gasteiger partial charge in [0.1, 0.15) is 0 Å². The minimum Gasteiger partial charge on any atom is -0.240 e. The molecule has 1 aliphatic carbocycles. The Kier molecular flexibility index (Phi) is 4.32. The van der Waals surface area contributed by atoms with Crippen LogP contribution in [-0.4, -0.2) is 22.5 Å². The van der Waals surface area contributed by atoms with Crippen molar-refractivity contribution in [3.63, 3.8) is 0 Å². The fraction of sp³-hybridized carbons (Fsp3) is 0.375. The van der Waals surface area contributed by atoms with Crippen molar-refractivity contribution >= 4 is 23.5 Å². The first-order chi connectivity index (χ1) is 9.81. The summed E-state index contributed by atoms with van der Waals surface area (Å²) in [6.45, 7) is 0. The third-order valence-electron chi connectivity index (χ3n) is 3.69. The molecule has 2 aromatic heterocycles. The minimum atomic E-state index is 0.987. The van der Waals surface area contributed by atoms with Crippen LogP contribution < -0.4 is 0 Å². The van der Waals surface area contributed by atoms with Crippen molar-refractivity contribution in [2.75, 3.05) is 12.5 Å². The van der Waals surface area contributed by atoms with Crippen molar-refractivity contribution in [1.82, 2.24) is 9.97 Å². The first-order valence-corrected chi connectivity index (χ1v) is 9.35. The molecule has 1 aliphatic rings. The Balaban J connectivity index is 2.09. The van der Waals surface area contributed by atoms with Gasteiger partial charge in [0.05, 0.1) is 21.4 Å². The van der Waals surface area contributed by atoms with Crippen molar-refractivity contribution in [2.24, 2.45) is 0 Å². The van der Waals surface area contributed by atoms with Crippen LogP contribution in [0.25, 0.3) is 11.4 Å². The van der Waals surface area contributed by atoms with Gasteiger partial charge in [-0.15, -0.1) is 23.5 Å². The second-order valence-electron chi connectivity index (χ2n) is 4.93. The van der Waals surface area contributed by atoms with Gasteiger partial charge in [0, 0.05) is 0 Å². The molecule has 2 heterocycles. The maximum Gasteiger partial charge on any atom is 0.1000 e. The predicted octanol–water partition coefficient (Wildman–Crippen LogP) is 4.47. The zero-order chi connectivity index (χ0) is 13.9. The summed E-state index contributed by atoms with van der Waals surface area (Å²) >= 11 is 3.43. The molecule has 0 amide bonds. The number of nitrogens with zero attached hydrogens (tertiary/aromatic N) is 2. The van der Waals surface area contributed by atoms with Gasteiger partial charge in [-0.3, -0.25) is 0 Å². The lowest BCUT2D eigenvalue weighted by molar-refractivity contribution is 0.668. The first kappa shape index (κ1) is 14.0. The molecule has 20 heavy (non-hydrogen) atoms. The average Bonchev–Trinajstić information content (AvgIpc) is 2.53. The molecule has 0 radical (unpaired) electrons. The SMILES string of the molecule is CSc1cccc(-c2cc3c(c(SC)n2)CCCC3)n1. The van der Waals surface area contributed by atoms with Gasteiger partial charge >= 0.3 is 0 Å². The standard InChI is InChI=1S/C16H18N2S2/c1-19-15-9-5-8-13(17-15)14-10-11-6-3-4-7-12(11)16(18-14)20-2/h5,8-10H,3-4,6-7H2,1-2H3. The van der Waals surface area contributed by atoms with Crippen LogP contribution in [0.3, 0.4) is 0 Å². The maximum absolute atomic E-state index is 4.84. The fourth-order valence-electron chi connectivity index (χ4n) is 2.68. The largest absolute Gasteiger partial charge is 0.240 e. The molecule has 0 saturated carbocycles. The molecule has 104 valence electrons. The zero-order valence-corrected chi connectivity index (χ0v) is 13.5. The van der Waals surface area contributed by atoms with Crippen LogP contribution in [0.15, 0.2) is 34.3 Å². The molecular weight excluding hydrogens is 284 g/mol. The molecule has 3 rings (SSSR count). The van der Waals surface area contributed by atoms with E-state index in [0.29, 0.717) is 0 Å². The van der Waals surface area contributed by atoms with Crippen molar-refractivity contribution in [2.45, 2.75) is 35.7 Å². The van der Waals surface area contributed by atoms with E-state index in [0.717, 1.165) is 16.4 Å². The van der Waals surface area contributed by atoms with Gasteiger partial charge in [0.25, 0.3) is 0 Å². The fourth-order valence-corrected chi connectivity index (χ4v) is 3.75. The van der Waals surface area contributed by atoms with E-state index in [4.69, 9.17) is 4.98 Å². The third kappa shape index (κ3) is 2.72. The summed E-state index contributed by atoms with van der Waals surface area (Å²) in [6, 6.07) is 8.41. The lowest BCUT2D eigenvalue weighted by atomic mass is 9.92. The highest BCUT2D eigenvalue weighted by Crippen LogP contribution is 2.32. The van der Waals surface area contributed by atoms with Gasteiger partial charge in [-0.05, 0) is 67.5 Å². The summed E-state index contributed by atoms with van der Waals surface area (Å²) in [5.41, 5.74) is 4.95. The summed E-state index contributed by atoms with van der Waals surface area (Å²) in [4.78, 5) is 9.52. The Bertz CT molecular complexity index is 609. The summed E-state index contributed by atoms with van der Waals surface area (Å²) in [6.07, 6.45) is 9.12. The quantitative estimate of drug-likeness (QED) is 0.781. The monoisotopic (exact) mass is 302 g/mol. The van der Waals surface area contributed by atoms with Crippen LogP contribution in [0.5, 0.6) is 0 Å². The van der Waals surface area contributed by atoms with E-state index in [1.807, 2.05) is 6.07 Å². The molecule has 0 fully saturated rings. The van der Waals surface area contributed by atoms with E-state index in [-0.39, 0.29) is 0 Å². The number of aryl methyl sites for hydroxylation is 1. The van der Waals surface area contributed by atoms with Gasteiger partial charge in [0.2, 0.25) is 0 Å². The smallest absolute Gasteiger partial charge is 0.1000 e. The van der Waals surface area contributed by atoms with Gasteiger partial charge in [-0.25, -0.2) is 9.97 Å². The molecule has 2 nitrogen and oxygen atoms in total. The number of hydrogen-bond donors (Lipinski definition) is 0. The Morgan fingerprint density at radius 2 is 1.80 bits per heavy atom. The summed E-state index contributed by atoms with van der Waals surface area (Å²) in [7, 11) is 0. The molecule has 2 aromatic rings. The van der Waals surface area contributed by atoms with E-state index < -0.39 is 0 Å². The number of hydrogen-bond acceptors (Lipinski definition) is 4. The summed E-state index contributed by atoms with van der Waals surface area (Å²) in [5, 5.41) is 2.24. The van der Waals surface area contributed by atoms with E-state index in [9.17, 15) is 0 Å². The third-order valence-corrected chi connectivity index (χ3v) is 5.06. The highest BCUT2D eigenvalue weighted by molar-refractivity contribution is 7.98. The summed E-state index contributed by atoms with van der Waals surface area (Å²) < 4.78 is 0. The Labute approximate surface area is 128 Å². The van der Waals surface area contributed by atoms with Crippen LogP contribution in [0, 0.1) is 0 Å². The molecule has 0 unspecified atom stereocenters. The molecule has 0 aromatic carbocycles. The average molecular weight is 302 g/mol. The van der Waals surface area contributed by atoms with Crippen LogP contribution in [0.2, 0.25) is 0 Å². The van der Waals surface area contributed by atoms with E-state index in [1.165, 1.54) is 41.8 Å². The van der Waals surface area contributed by atoms with Crippen LogP contribution in [0.1, 0.15) is 24.0 Å². The lowest BCUT2D eigenvalue weighted by Crippen LogP contribution is -2.07. The van der Waals surface area contributed by atoms with Crippen molar-refractivity contribution in [3.8, 4) is 11.4 Å². The number of thioether (sulfide) groups is 2. The number of pyridine rings is 2. The zero-order valence-electron chi connectivity index (χ0n) is 11.8. The van der Waals surface area contributed by atoms with Crippen LogP contribution in [0.4, 0.5) is 0 Å². The van der Waals surface area contributed by atoms with Crippen LogP contribution in [-0.2, 0) is 12.8 Å². The van der Waals surface area contributed by atoms with Crippen molar-refractivity contribution in [3.05, 3.63) is 35.4 Å². The minimum absolute atomic E-state index is 0.987. The summed E-state index contributed by atoms with van der Waals surface area (Å²) in [5.74, 6) is 0. The van der Waals surface area contributed by atoms with Crippen LogP contribution >= 0.6 is 23.5 Å². The van der Waals surface area contributed by atoms with Gasteiger partial charge in [0.15, 0.2) is 0 Å². The number of fused-ring (bicyclic) bond motifs is 1. The normalized spacial score (nSPS) is 14.1. The highest BCUT2D eigenvalue weighted by atomic mass is 32.2. The molecule has 0 atom stereocenters. The molecule has 0 N–H and O–H groups in total. The van der Waals surface area contributed by atoms with Crippen molar-refractivity contribution in [1.29, 1.82) is 0 Å². The maximum atomic E-state index is 4.84. The van der Waals surface area contributed by atoms with E-state index >= 15 is 0 Å². The van der Waals surface area contributed by atoms with Gasteiger partial charge < -0.3 is 0 Å². The molecule has 4 heteroatoms. The van der Waals surface area contributed by atoms with E-state index in [1.54, 1.807) is 23.5 Å². The van der Waals surface area contributed by atoms with Gasteiger partial charge in [-0.2, -0.15) is 0 Å². The lowest BCUT2D eigenvalue weighted by Gasteiger charge is -2.19. The molecule has 0 bridgehead atoms.